The lowest BCUT2D eigenvalue weighted by Gasteiger charge is -2.01. The Morgan fingerprint density at radius 1 is 1.55 bits per heavy atom. The van der Waals surface area contributed by atoms with Crippen LogP contribution in [0.1, 0.15) is 23.8 Å². The average molecular weight is 170 g/mol. The fourth-order valence-electron chi connectivity index (χ4n) is 1.42. The zero-order valence-electron chi connectivity index (χ0n) is 5.92. The Bertz CT molecular complexity index is 287. The summed E-state index contributed by atoms with van der Waals surface area (Å²) in [6.45, 7) is 0. The predicted octanol–water partition coefficient (Wildman–Crippen LogP) is 1.71. The van der Waals surface area contributed by atoms with E-state index in [1.54, 1.807) is 6.07 Å². The Kier molecular flexibility index (Phi) is 1.59. The molecule has 1 heterocycles. The number of hydrogen-bond acceptors (Lipinski definition) is 2. The highest BCUT2D eigenvalue weighted by Gasteiger charge is 2.20. The van der Waals surface area contributed by atoms with Crippen molar-refractivity contribution in [1.82, 2.24) is 4.98 Å². The monoisotopic (exact) mass is 169 g/mol. The summed E-state index contributed by atoms with van der Waals surface area (Å²) in [5.41, 5.74) is 1.89. The summed E-state index contributed by atoms with van der Waals surface area (Å²) in [6, 6.07) is 3.57. The summed E-state index contributed by atoms with van der Waals surface area (Å²) in [4.78, 5) is 4.11. The molecule has 0 fully saturated rings. The molecule has 0 unspecified atom stereocenters. The fraction of sp³-hybridized carbons (Fsp3) is 0.375. The summed E-state index contributed by atoms with van der Waals surface area (Å²) >= 11 is 5.68. The molecule has 0 aromatic carbocycles. The molecule has 1 aromatic heterocycles. The number of pyridine rings is 1. The number of fused-ring (bicyclic) bond motifs is 1. The number of aryl methyl sites for hydroxylation is 1. The maximum Gasteiger partial charge on any atom is 0.129 e. The van der Waals surface area contributed by atoms with E-state index in [-0.39, 0.29) is 6.10 Å². The molecule has 0 radical (unpaired) electrons. The second-order valence-corrected chi connectivity index (χ2v) is 3.11. The van der Waals surface area contributed by atoms with E-state index in [1.807, 2.05) is 6.07 Å². The molecule has 1 aromatic rings. The molecular formula is C8H8ClNO. The van der Waals surface area contributed by atoms with Crippen molar-refractivity contribution >= 4 is 11.6 Å². The lowest BCUT2D eigenvalue weighted by Crippen LogP contribution is -1.91. The largest absolute Gasteiger partial charge is 0.388 e. The van der Waals surface area contributed by atoms with Gasteiger partial charge in [-0.15, -0.1) is 0 Å². The van der Waals surface area contributed by atoms with Gasteiger partial charge in [-0.3, -0.25) is 0 Å². The summed E-state index contributed by atoms with van der Waals surface area (Å²) in [7, 11) is 0. The van der Waals surface area contributed by atoms with E-state index in [0.29, 0.717) is 5.15 Å². The number of rotatable bonds is 0. The van der Waals surface area contributed by atoms with Gasteiger partial charge in [0.25, 0.3) is 0 Å². The van der Waals surface area contributed by atoms with Gasteiger partial charge < -0.3 is 5.11 Å². The molecule has 1 atom stereocenters. The quantitative estimate of drug-likeness (QED) is 0.600. The third-order valence-corrected chi connectivity index (χ3v) is 2.20. The second-order valence-electron chi connectivity index (χ2n) is 2.72. The van der Waals surface area contributed by atoms with Crippen molar-refractivity contribution in [2.45, 2.75) is 18.9 Å². The first kappa shape index (κ1) is 7.07. The molecule has 0 bridgehead atoms. The lowest BCUT2D eigenvalue weighted by atomic mass is 10.2. The Morgan fingerprint density at radius 2 is 2.36 bits per heavy atom. The van der Waals surface area contributed by atoms with Crippen molar-refractivity contribution in [3.63, 3.8) is 0 Å². The second kappa shape index (κ2) is 2.47. The zero-order chi connectivity index (χ0) is 7.84. The van der Waals surface area contributed by atoms with Crippen LogP contribution in [0.3, 0.4) is 0 Å². The first-order chi connectivity index (χ1) is 5.27. The van der Waals surface area contributed by atoms with Crippen LogP contribution in [0.5, 0.6) is 0 Å². The van der Waals surface area contributed by atoms with Gasteiger partial charge in [0, 0.05) is 11.3 Å². The molecule has 0 amide bonds. The van der Waals surface area contributed by atoms with Crippen LogP contribution in [-0.2, 0) is 6.42 Å². The molecule has 11 heavy (non-hydrogen) atoms. The highest BCUT2D eigenvalue weighted by molar-refractivity contribution is 6.29. The number of aliphatic hydroxyl groups is 1. The number of hydrogen-bond donors (Lipinski definition) is 1. The zero-order valence-corrected chi connectivity index (χ0v) is 6.67. The van der Waals surface area contributed by atoms with Crippen LogP contribution in [0.4, 0.5) is 0 Å². The van der Waals surface area contributed by atoms with Crippen LogP contribution in [0.15, 0.2) is 12.1 Å². The summed E-state index contributed by atoms with van der Waals surface area (Å²) in [6.07, 6.45) is 1.30. The molecule has 0 spiro atoms. The normalized spacial score (nSPS) is 21.8. The smallest absolute Gasteiger partial charge is 0.129 e. The summed E-state index contributed by atoms with van der Waals surface area (Å²) < 4.78 is 0. The molecule has 2 rings (SSSR count). The van der Waals surface area contributed by atoms with E-state index in [9.17, 15) is 5.11 Å². The highest BCUT2D eigenvalue weighted by Crippen LogP contribution is 2.30. The Hall–Kier alpha value is -0.600. The summed E-state index contributed by atoms with van der Waals surface area (Å²) in [5, 5.41) is 9.90. The van der Waals surface area contributed by atoms with Gasteiger partial charge in [-0.05, 0) is 18.9 Å². The molecule has 0 aliphatic heterocycles. The minimum absolute atomic E-state index is 0.324. The van der Waals surface area contributed by atoms with Gasteiger partial charge in [0.2, 0.25) is 0 Å². The maximum absolute atomic E-state index is 9.39. The van der Waals surface area contributed by atoms with Crippen molar-refractivity contribution in [3.8, 4) is 0 Å². The SMILES string of the molecule is O[C@@H]1CCc2nc(Cl)ccc21. The first-order valence-corrected chi connectivity index (χ1v) is 3.98. The average Bonchev–Trinajstić information content (AvgIpc) is 2.32. The lowest BCUT2D eigenvalue weighted by molar-refractivity contribution is 0.180. The van der Waals surface area contributed by atoms with Crippen molar-refractivity contribution in [2.24, 2.45) is 0 Å². The van der Waals surface area contributed by atoms with E-state index in [1.165, 1.54) is 0 Å². The highest BCUT2D eigenvalue weighted by atomic mass is 35.5. The molecule has 2 nitrogen and oxygen atoms in total. The van der Waals surface area contributed by atoms with Crippen molar-refractivity contribution in [3.05, 3.63) is 28.5 Å². The van der Waals surface area contributed by atoms with E-state index in [0.717, 1.165) is 24.1 Å². The van der Waals surface area contributed by atoms with Crippen molar-refractivity contribution in [2.75, 3.05) is 0 Å². The van der Waals surface area contributed by atoms with E-state index < -0.39 is 0 Å². The summed E-state index contributed by atoms with van der Waals surface area (Å²) in [5.74, 6) is 0. The Balaban J connectivity index is 2.50. The third-order valence-electron chi connectivity index (χ3n) is 1.99. The van der Waals surface area contributed by atoms with E-state index >= 15 is 0 Å². The Labute approximate surface area is 69.8 Å². The molecule has 3 heteroatoms. The van der Waals surface area contributed by atoms with Crippen LogP contribution in [0.2, 0.25) is 5.15 Å². The van der Waals surface area contributed by atoms with Gasteiger partial charge in [-0.1, -0.05) is 17.7 Å². The van der Waals surface area contributed by atoms with Crippen LogP contribution < -0.4 is 0 Å². The minimum Gasteiger partial charge on any atom is -0.388 e. The minimum atomic E-state index is -0.324. The van der Waals surface area contributed by atoms with Gasteiger partial charge in [-0.2, -0.15) is 0 Å². The molecule has 58 valence electrons. The van der Waals surface area contributed by atoms with E-state index in [4.69, 9.17) is 11.6 Å². The Morgan fingerprint density at radius 3 is 3.18 bits per heavy atom. The van der Waals surface area contributed by atoms with Crippen LogP contribution in [0.25, 0.3) is 0 Å². The van der Waals surface area contributed by atoms with Crippen LogP contribution >= 0.6 is 11.6 Å². The van der Waals surface area contributed by atoms with Crippen molar-refractivity contribution in [1.29, 1.82) is 0 Å². The number of nitrogens with zero attached hydrogens (tertiary/aromatic N) is 1. The first-order valence-electron chi connectivity index (χ1n) is 3.61. The number of halogens is 1. The van der Waals surface area contributed by atoms with Gasteiger partial charge in [-0.25, -0.2) is 4.98 Å². The van der Waals surface area contributed by atoms with Crippen LogP contribution in [-0.4, -0.2) is 10.1 Å². The standard InChI is InChI=1S/C8H8ClNO/c9-8-4-1-5-6(10-8)2-3-7(5)11/h1,4,7,11H,2-3H2/t7-/m1/s1. The number of aromatic nitrogens is 1. The van der Waals surface area contributed by atoms with Gasteiger partial charge in [0.15, 0.2) is 0 Å². The van der Waals surface area contributed by atoms with Gasteiger partial charge in [0.1, 0.15) is 5.15 Å². The number of aliphatic hydroxyl groups excluding tert-OH is 1. The fourth-order valence-corrected chi connectivity index (χ4v) is 1.58. The van der Waals surface area contributed by atoms with Crippen LogP contribution in [0, 0.1) is 0 Å². The topological polar surface area (TPSA) is 33.1 Å². The molecule has 1 aliphatic carbocycles. The van der Waals surface area contributed by atoms with Gasteiger partial charge in [0.05, 0.1) is 6.10 Å². The third kappa shape index (κ3) is 1.12. The molecule has 1 N–H and O–H groups in total. The maximum atomic E-state index is 9.39. The molecule has 0 saturated carbocycles. The van der Waals surface area contributed by atoms with Crippen molar-refractivity contribution < 1.29 is 5.11 Å². The molecule has 1 aliphatic rings. The molecular weight excluding hydrogens is 162 g/mol. The molecule has 0 saturated heterocycles. The predicted molar refractivity (Wildman–Crippen MR) is 42.5 cm³/mol. The van der Waals surface area contributed by atoms with E-state index in [2.05, 4.69) is 4.98 Å². The van der Waals surface area contributed by atoms with Gasteiger partial charge >= 0.3 is 0 Å².